The molecule has 22 heavy (non-hydrogen) atoms. The van der Waals surface area contributed by atoms with Crippen molar-refractivity contribution in [2.45, 2.75) is 45.1 Å². The average molecular weight is 302 g/mol. The van der Waals surface area contributed by atoms with Crippen LogP contribution in [-0.4, -0.2) is 36.6 Å². The van der Waals surface area contributed by atoms with Gasteiger partial charge in [0.2, 0.25) is 5.76 Å². The van der Waals surface area contributed by atoms with Crippen molar-refractivity contribution in [2.24, 2.45) is 5.92 Å². The maximum atomic E-state index is 12.9. The number of carbonyl (C=O) groups is 1. The average Bonchev–Trinajstić information content (AvgIpc) is 2.96. The zero-order valence-electron chi connectivity index (χ0n) is 13.0. The van der Waals surface area contributed by atoms with Crippen molar-refractivity contribution < 1.29 is 13.9 Å². The first-order valence-electron chi connectivity index (χ1n) is 8.10. The third kappa shape index (κ3) is 2.89. The predicted octanol–water partition coefficient (Wildman–Crippen LogP) is 2.88. The molecule has 2 aliphatic heterocycles. The summed E-state index contributed by atoms with van der Waals surface area (Å²) in [5.74, 6) is 1.29. The van der Waals surface area contributed by atoms with Crippen LogP contribution in [-0.2, 0) is 4.74 Å². The molecule has 1 aromatic heterocycles. The van der Waals surface area contributed by atoms with E-state index in [1.807, 2.05) is 11.0 Å². The van der Waals surface area contributed by atoms with Crippen LogP contribution in [0.15, 0.2) is 10.5 Å². The molecule has 5 heteroatoms. The minimum atomic E-state index is 0.0129. The SMILES string of the molecule is Cc1oc(C#N)cc1C(=O)N1CCCCC1C1CCOCC1. The lowest BCUT2D eigenvalue weighted by Gasteiger charge is -2.41. The van der Waals surface area contributed by atoms with Gasteiger partial charge < -0.3 is 14.1 Å². The highest BCUT2D eigenvalue weighted by Gasteiger charge is 2.35. The second-order valence-corrected chi connectivity index (χ2v) is 6.20. The Hall–Kier alpha value is -1.80. The van der Waals surface area contributed by atoms with E-state index in [-0.39, 0.29) is 11.7 Å². The molecule has 0 aromatic carbocycles. The molecule has 0 aliphatic carbocycles. The maximum absolute atomic E-state index is 12.9. The summed E-state index contributed by atoms with van der Waals surface area (Å²) in [6.07, 6.45) is 5.36. The Morgan fingerprint density at radius 1 is 1.32 bits per heavy atom. The first-order chi connectivity index (χ1) is 10.7. The molecule has 5 nitrogen and oxygen atoms in total. The van der Waals surface area contributed by atoms with Gasteiger partial charge in [-0.05, 0) is 44.9 Å². The lowest BCUT2D eigenvalue weighted by Crippen LogP contribution is -2.48. The molecule has 3 rings (SSSR count). The molecule has 3 heterocycles. The smallest absolute Gasteiger partial charge is 0.257 e. The van der Waals surface area contributed by atoms with E-state index in [0.717, 1.165) is 45.4 Å². The number of hydrogen-bond acceptors (Lipinski definition) is 4. The number of carbonyl (C=O) groups excluding carboxylic acids is 1. The summed E-state index contributed by atoms with van der Waals surface area (Å²) in [4.78, 5) is 14.9. The van der Waals surface area contributed by atoms with Gasteiger partial charge in [0, 0.05) is 31.9 Å². The van der Waals surface area contributed by atoms with Crippen LogP contribution in [0.4, 0.5) is 0 Å². The number of ether oxygens (including phenoxy) is 1. The zero-order chi connectivity index (χ0) is 15.5. The molecule has 0 radical (unpaired) electrons. The quantitative estimate of drug-likeness (QED) is 0.842. The topological polar surface area (TPSA) is 66.5 Å². The Kier molecular flexibility index (Phi) is 4.49. The highest BCUT2D eigenvalue weighted by atomic mass is 16.5. The van der Waals surface area contributed by atoms with E-state index in [9.17, 15) is 4.79 Å². The van der Waals surface area contributed by atoms with Crippen molar-refractivity contribution in [3.8, 4) is 6.07 Å². The van der Waals surface area contributed by atoms with Crippen LogP contribution in [0.25, 0.3) is 0 Å². The molecule has 2 fully saturated rings. The van der Waals surface area contributed by atoms with Crippen molar-refractivity contribution in [3.05, 3.63) is 23.2 Å². The van der Waals surface area contributed by atoms with Crippen LogP contribution in [0.2, 0.25) is 0 Å². The third-order valence-corrected chi connectivity index (χ3v) is 4.88. The summed E-state index contributed by atoms with van der Waals surface area (Å²) in [6, 6.07) is 3.84. The molecule has 0 N–H and O–H groups in total. The second-order valence-electron chi connectivity index (χ2n) is 6.20. The number of hydrogen-bond donors (Lipinski definition) is 0. The number of rotatable bonds is 2. The predicted molar refractivity (Wildman–Crippen MR) is 80.4 cm³/mol. The minimum absolute atomic E-state index is 0.0129. The van der Waals surface area contributed by atoms with E-state index in [2.05, 4.69) is 0 Å². The molecule has 118 valence electrons. The van der Waals surface area contributed by atoms with Crippen LogP contribution in [0.5, 0.6) is 0 Å². The van der Waals surface area contributed by atoms with E-state index in [1.165, 1.54) is 6.42 Å². The number of likely N-dealkylation sites (tertiary alicyclic amines) is 1. The van der Waals surface area contributed by atoms with E-state index < -0.39 is 0 Å². The first kappa shape index (κ1) is 15.1. The highest BCUT2D eigenvalue weighted by Crippen LogP contribution is 2.31. The van der Waals surface area contributed by atoms with E-state index >= 15 is 0 Å². The van der Waals surface area contributed by atoms with Crippen LogP contribution in [0.1, 0.15) is 54.0 Å². The van der Waals surface area contributed by atoms with Crippen molar-refractivity contribution in [2.75, 3.05) is 19.8 Å². The van der Waals surface area contributed by atoms with Crippen molar-refractivity contribution >= 4 is 5.91 Å². The fourth-order valence-electron chi connectivity index (χ4n) is 3.70. The van der Waals surface area contributed by atoms with Gasteiger partial charge in [-0.25, -0.2) is 0 Å². The number of furan rings is 1. The first-order valence-corrected chi connectivity index (χ1v) is 8.10. The Bertz CT molecular complexity index is 581. The van der Waals surface area contributed by atoms with Gasteiger partial charge in [-0.2, -0.15) is 5.26 Å². The van der Waals surface area contributed by atoms with Crippen molar-refractivity contribution in [1.82, 2.24) is 4.90 Å². The third-order valence-electron chi connectivity index (χ3n) is 4.88. The number of piperidine rings is 1. The van der Waals surface area contributed by atoms with Gasteiger partial charge in [-0.15, -0.1) is 0 Å². The molecular formula is C17H22N2O3. The lowest BCUT2D eigenvalue weighted by atomic mass is 9.85. The Morgan fingerprint density at radius 3 is 2.77 bits per heavy atom. The second kappa shape index (κ2) is 6.53. The molecule has 0 saturated carbocycles. The minimum Gasteiger partial charge on any atom is -0.450 e. The Balaban J connectivity index is 1.81. The molecule has 0 bridgehead atoms. The summed E-state index contributed by atoms with van der Waals surface area (Å²) in [5, 5.41) is 8.94. The number of nitrogens with zero attached hydrogens (tertiary/aromatic N) is 2. The van der Waals surface area contributed by atoms with Gasteiger partial charge in [0.1, 0.15) is 11.8 Å². The summed E-state index contributed by atoms with van der Waals surface area (Å²) in [6.45, 7) is 4.15. The lowest BCUT2D eigenvalue weighted by molar-refractivity contribution is 0.0130. The molecule has 2 aliphatic rings. The molecule has 2 saturated heterocycles. The normalized spacial score (nSPS) is 23.3. The Labute approximate surface area is 130 Å². The van der Waals surface area contributed by atoms with E-state index in [1.54, 1.807) is 13.0 Å². The Morgan fingerprint density at radius 2 is 2.09 bits per heavy atom. The van der Waals surface area contributed by atoms with Gasteiger partial charge in [0.05, 0.1) is 5.56 Å². The van der Waals surface area contributed by atoms with E-state index in [0.29, 0.717) is 23.3 Å². The monoisotopic (exact) mass is 302 g/mol. The van der Waals surface area contributed by atoms with Crippen LogP contribution < -0.4 is 0 Å². The summed E-state index contributed by atoms with van der Waals surface area (Å²) < 4.78 is 10.8. The fraction of sp³-hybridized carbons (Fsp3) is 0.647. The zero-order valence-corrected chi connectivity index (χ0v) is 13.0. The molecule has 1 aromatic rings. The maximum Gasteiger partial charge on any atom is 0.257 e. The number of amides is 1. The van der Waals surface area contributed by atoms with Gasteiger partial charge in [-0.1, -0.05) is 0 Å². The molecule has 0 spiro atoms. The van der Waals surface area contributed by atoms with Crippen LogP contribution >= 0.6 is 0 Å². The molecule has 1 unspecified atom stereocenters. The van der Waals surface area contributed by atoms with Gasteiger partial charge in [0.25, 0.3) is 5.91 Å². The number of aryl methyl sites for hydroxylation is 1. The number of nitriles is 1. The van der Waals surface area contributed by atoms with E-state index in [4.69, 9.17) is 14.4 Å². The summed E-state index contributed by atoms with van der Waals surface area (Å²) in [7, 11) is 0. The standard InChI is InChI=1S/C17H22N2O3/c1-12-15(10-14(11-18)22-12)17(20)19-7-3-2-4-16(19)13-5-8-21-9-6-13/h10,13,16H,2-9H2,1H3. The van der Waals surface area contributed by atoms with Crippen LogP contribution in [0, 0.1) is 24.2 Å². The van der Waals surface area contributed by atoms with Gasteiger partial charge in [0.15, 0.2) is 0 Å². The molecular weight excluding hydrogens is 280 g/mol. The summed E-state index contributed by atoms with van der Waals surface area (Å²) >= 11 is 0. The molecule has 1 amide bonds. The largest absolute Gasteiger partial charge is 0.450 e. The highest BCUT2D eigenvalue weighted by molar-refractivity contribution is 5.95. The van der Waals surface area contributed by atoms with Crippen LogP contribution in [0.3, 0.4) is 0 Å². The van der Waals surface area contributed by atoms with Crippen molar-refractivity contribution in [3.63, 3.8) is 0 Å². The molecule has 1 atom stereocenters. The van der Waals surface area contributed by atoms with Gasteiger partial charge >= 0.3 is 0 Å². The summed E-state index contributed by atoms with van der Waals surface area (Å²) in [5.41, 5.74) is 0.538. The fourth-order valence-corrected chi connectivity index (χ4v) is 3.70. The van der Waals surface area contributed by atoms with Gasteiger partial charge in [-0.3, -0.25) is 4.79 Å². The van der Waals surface area contributed by atoms with Crippen molar-refractivity contribution in [1.29, 1.82) is 5.26 Å².